The fraction of sp³-hybridized carbons (Fsp3) is 0.833. The highest BCUT2D eigenvalue weighted by Gasteiger charge is 2.46. The van der Waals surface area contributed by atoms with E-state index in [2.05, 4.69) is 15.4 Å². The third-order valence-corrected chi connectivity index (χ3v) is 6.60. The first-order chi connectivity index (χ1) is 12.5. The number of methoxy groups -OCH3 is 1. The van der Waals surface area contributed by atoms with Crippen LogP contribution in [0.5, 0.6) is 0 Å². The van der Waals surface area contributed by atoms with E-state index in [1.54, 1.807) is 0 Å². The largest absolute Gasteiger partial charge is 0.469 e. The molecule has 2 heterocycles. The van der Waals surface area contributed by atoms with Crippen molar-refractivity contribution in [2.45, 2.75) is 68.7 Å². The van der Waals surface area contributed by atoms with Crippen LogP contribution >= 0.6 is 11.8 Å². The number of hydrogen-bond donors (Lipinski definition) is 2. The molecule has 148 valence electrons. The van der Waals surface area contributed by atoms with Gasteiger partial charge >= 0.3 is 12.0 Å². The summed E-state index contributed by atoms with van der Waals surface area (Å²) in [6, 6.07) is 0.618. The highest BCUT2D eigenvalue weighted by atomic mass is 32.2. The number of rotatable bonds is 11. The van der Waals surface area contributed by atoms with Crippen LogP contribution in [0.2, 0.25) is 0 Å². The number of nitrogens with one attached hydrogen (secondary N) is 2. The molecule has 2 N–H and O–H groups in total. The molecule has 0 radical (unpaired) electrons. The summed E-state index contributed by atoms with van der Waals surface area (Å²) < 4.78 is 4.59. The zero-order valence-electron chi connectivity index (χ0n) is 15.8. The normalized spacial score (nSPS) is 24.3. The zero-order chi connectivity index (χ0) is 18.9. The molecule has 7 nitrogen and oxygen atoms in total. The molecular formula is C18H31N3O4S. The summed E-state index contributed by atoms with van der Waals surface area (Å²) in [5, 5.41) is 6.44. The van der Waals surface area contributed by atoms with Gasteiger partial charge in [-0.3, -0.25) is 9.59 Å². The number of likely N-dealkylation sites (N-methyl/N-ethyl adjacent to an activating group) is 1. The number of esters is 1. The van der Waals surface area contributed by atoms with E-state index >= 15 is 0 Å². The van der Waals surface area contributed by atoms with E-state index in [1.807, 2.05) is 23.7 Å². The molecule has 0 aliphatic carbocycles. The molecule has 2 aliphatic rings. The van der Waals surface area contributed by atoms with Gasteiger partial charge in [0.05, 0.1) is 19.2 Å². The SMILES string of the molecule is COC(=O)CCCCCNC(=O)CCCC[C@@H]1SC[C@@H]2NC(=O)N(C)[C@@H]21. The topological polar surface area (TPSA) is 87.7 Å². The Morgan fingerprint density at radius 2 is 2.00 bits per heavy atom. The fourth-order valence-corrected chi connectivity index (χ4v) is 5.24. The minimum Gasteiger partial charge on any atom is -0.469 e. The van der Waals surface area contributed by atoms with Gasteiger partial charge in [-0.05, 0) is 25.7 Å². The Morgan fingerprint density at radius 1 is 1.23 bits per heavy atom. The van der Waals surface area contributed by atoms with Gasteiger partial charge in [-0.2, -0.15) is 11.8 Å². The molecule has 26 heavy (non-hydrogen) atoms. The number of carbonyl (C=O) groups is 3. The van der Waals surface area contributed by atoms with Crippen LogP contribution < -0.4 is 10.6 Å². The lowest BCUT2D eigenvalue weighted by Crippen LogP contribution is -2.38. The third-order valence-electron chi connectivity index (χ3n) is 5.11. The van der Waals surface area contributed by atoms with Crippen LogP contribution in [0.15, 0.2) is 0 Å². The lowest BCUT2D eigenvalue weighted by molar-refractivity contribution is -0.140. The monoisotopic (exact) mass is 385 g/mol. The predicted molar refractivity (Wildman–Crippen MR) is 102 cm³/mol. The van der Waals surface area contributed by atoms with Gasteiger partial charge in [-0.25, -0.2) is 4.79 Å². The van der Waals surface area contributed by atoms with Gasteiger partial charge in [-0.15, -0.1) is 0 Å². The average Bonchev–Trinajstić information content (AvgIpc) is 3.14. The Labute approximate surface area is 160 Å². The number of unbranched alkanes of at least 4 members (excludes halogenated alkanes) is 3. The van der Waals surface area contributed by atoms with Crippen molar-refractivity contribution in [2.75, 3.05) is 26.5 Å². The minimum atomic E-state index is -0.176. The molecule has 2 fully saturated rings. The van der Waals surface area contributed by atoms with Crippen LogP contribution in [0.25, 0.3) is 0 Å². The number of amides is 3. The second kappa shape index (κ2) is 10.6. The first kappa shape index (κ1) is 20.9. The van der Waals surface area contributed by atoms with Crippen LogP contribution in [0.1, 0.15) is 51.4 Å². The Kier molecular flexibility index (Phi) is 8.54. The predicted octanol–water partition coefficient (Wildman–Crippen LogP) is 1.90. The molecule has 8 heteroatoms. The molecular weight excluding hydrogens is 354 g/mol. The van der Waals surface area contributed by atoms with Gasteiger partial charge in [0.25, 0.3) is 0 Å². The highest BCUT2D eigenvalue weighted by Crippen LogP contribution is 2.36. The Hall–Kier alpha value is -1.44. The van der Waals surface area contributed by atoms with E-state index in [0.717, 1.165) is 44.3 Å². The second-order valence-corrected chi connectivity index (χ2v) is 8.28. The van der Waals surface area contributed by atoms with Gasteiger partial charge in [0.15, 0.2) is 0 Å². The zero-order valence-corrected chi connectivity index (χ0v) is 16.6. The van der Waals surface area contributed by atoms with E-state index in [9.17, 15) is 14.4 Å². The Bertz CT molecular complexity index is 503. The van der Waals surface area contributed by atoms with E-state index in [4.69, 9.17) is 0 Å². The quantitative estimate of drug-likeness (QED) is 0.322. The van der Waals surface area contributed by atoms with Crippen LogP contribution in [0, 0.1) is 0 Å². The lowest BCUT2D eigenvalue weighted by atomic mass is 10.0. The summed E-state index contributed by atoms with van der Waals surface area (Å²) in [7, 11) is 3.27. The summed E-state index contributed by atoms with van der Waals surface area (Å²) in [5.74, 6) is 0.913. The number of hydrogen-bond acceptors (Lipinski definition) is 5. The minimum absolute atomic E-state index is 0.0382. The fourth-order valence-electron chi connectivity index (χ4n) is 3.60. The first-order valence-corrected chi connectivity index (χ1v) is 10.6. The number of ether oxygens (including phenoxy) is 1. The van der Waals surface area contributed by atoms with Gasteiger partial charge in [-0.1, -0.05) is 12.8 Å². The number of carbonyl (C=O) groups excluding carboxylic acids is 3. The van der Waals surface area contributed by atoms with Crippen molar-refractivity contribution in [3.8, 4) is 0 Å². The molecule has 2 saturated heterocycles. The maximum atomic E-state index is 11.9. The number of thioether (sulfide) groups is 1. The van der Waals surface area contributed by atoms with Crippen molar-refractivity contribution < 1.29 is 19.1 Å². The van der Waals surface area contributed by atoms with Gasteiger partial charge < -0.3 is 20.3 Å². The molecule has 3 amide bonds. The van der Waals surface area contributed by atoms with Gasteiger partial charge in [0, 0.05) is 37.4 Å². The number of urea groups is 1. The summed E-state index contributed by atoms with van der Waals surface area (Å²) >= 11 is 1.93. The van der Waals surface area contributed by atoms with Crippen LogP contribution in [0.3, 0.4) is 0 Å². The number of fused-ring (bicyclic) bond motifs is 1. The maximum absolute atomic E-state index is 11.9. The maximum Gasteiger partial charge on any atom is 0.317 e. The summed E-state index contributed by atoms with van der Waals surface area (Å²) in [6.07, 6.45) is 6.54. The molecule has 0 spiro atoms. The number of nitrogens with zero attached hydrogens (tertiary/aromatic N) is 1. The molecule has 3 atom stereocenters. The van der Waals surface area contributed by atoms with E-state index in [1.165, 1.54) is 7.11 Å². The van der Waals surface area contributed by atoms with Crippen molar-refractivity contribution in [1.29, 1.82) is 0 Å². The van der Waals surface area contributed by atoms with Crippen molar-refractivity contribution >= 4 is 29.7 Å². The summed E-state index contributed by atoms with van der Waals surface area (Å²) in [4.78, 5) is 36.4. The molecule has 0 aromatic rings. The van der Waals surface area contributed by atoms with E-state index in [-0.39, 0.29) is 23.9 Å². The Morgan fingerprint density at radius 3 is 2.77 bits per heavy atom. The van der Waals surface area contributed by atoms with Crippen molar-refractivity contribution in [1.82, 2.24) is 15.5 Å². The Balaban J connectivity index is 1.48. The average molecular weight is 386 g/mol. The molecule has 0 aromatic heterocycles. The smallest absolute Gasteiger partial charge is 0.317 e. The van der Waals surface area contributed by atoms with E-state index < -0.39 is 0 Å². The van der Waals surface area contributed by atoms with Crippen LogP contribution in [-0.4, -0.2) is 66.6 Å². The second-order valence-electron chi connectivity index (χ2n) is 7.01. The van der Waals surface area contributed by atoms with Crippen molar-refractivity contribution in [3.63, 3.8) is 0 Å². The van der Waals surface area contributed by atoms with E-state index in [0.29, 0.717) is 30.7 Å². The lowest BCUT2D eigenvalue weighted by Gasteiger charge is -2.23. The molecule has 0 unspecified atom stereocenters. The molecule has 0 bridgehead atoms. The third kappa shape index (κ3) is 6.07. The highest BCUT2D eigenvalue weighted by molar-refractivity contribution is 8.00. The van der Waals surface area contributed by atoms with Gasteiger partial charge in [0.2, 0.25) is 5.91 Å². The molecule has 0 aromatic carbocycles. The first-order valence-electron chi connectivity index (χ1n) is 9.51. The van der Waals surface area contributed by atoms with Gasteiger partial charge in [0.1, 0.15) is 0 Å². The molecule has 2 aliphatic heterocycles. The summed E-state index contributed by atoms with van der Waals surface area (Å²) in [6.45, 7) is 0.667. The van der Waals surface area contributed by atoms with Crippen LogP contribution in [-0.2, 0) is 14.3 Å². The standard InChI is InChI=1S/C18H31N3O4S/c1-21-17-13(20-18(21)24)12-26-14(17)8-5-6-9-15(22)19-11-7-3-4-10-16(23)25-2/h13-14,17H,3-12H2,1-2H3,(H,19,22)(H,20,24)/t13-,14-,17-/m0/s1. The summed E-state index contributed by atoms with van der Waals surface area (Å²) in [5.41, 5.74) is 0. The van der Waals surface area contributed by atoms with Crippen molar-refractivity contribution in [3.05, 3.63) is 0 Å². The molecule has 0 saturated carbocycles. The van der Waals surface area contributed by atoms with Crippen LogP contribution in [0.4, 0.5) is 4.79 Å². The molecule has 2 rings (SSSR count). The van der Waals surface area contributed by atoms with Crippen molar-refractivity contribution in [2.24, 2.45) is 0 Å².